The monoisotopic (exact) mass is 219 g/mol. The Hall–Kier alpha value is -0.860. The van der Waals surface area contributed by atoms with E-state index in [1.54, 1.807) is 0 Å². The van der Waals surface area contributed by atoms with Crippen molar-refractivity contribution < 1.29 is 4.74 Å². The molecule has 2 rings (SSSR count). The topological polar surface area (TPSA) is 21.3 Å². The van der Waals surface area contributed by atoms with Gasteiger partial charge in [-0.25, -0.2) is 0 Å². The Labute approximate surface area is 98.0 Å². The zero-order chi connectivity index (χ0) is 11.4. The molecule has 1 aromatic carbocycles. The van der Waals surface area contributed by atoms with Gasteiger partial charge in [-0.3, -0.25) is 0 Å². The molecule has 1 saturated heterocycles. The average molecular weight is 219 g/mol. The van der Waals surface area contributed by atoms with Crippen molar-refractivity contribution >= 4 is 0 Å². The van der Waals surface area contributed by atoms with Gasteiger partial charge in [-0.2, -0.15) is 0 Å². The first kappa shape index (κ1) is 11.6. The van der Waals surface area contributed by atoms with Crippen LogP contribution < -0.4 is 5.32 Å². The van der Waals surface area contributed by atoms with E-state index in [2.05, 4.69) is 36.5 Å². The van der Waals surface area contributed by atoms with E-state index in [0.717, 1.165) is 13.0 Å². The van der Waals surface area contributed by atoms with Gasteiger partial charge in [0.2, 0.25) is 0 Å². The summed E-state index contributed by atoms with van der Waals surface area (Å²) in [5.74, 6) is 0. The van der Waals surface area contributed by atoms with E-state index in [-0.39, 0.29) is 0 Å². The number of hydrogen-bond acceptors (Lipinski definition) is 2. The van der Waals surface area contributed by atoms with Gasteiger partial charge in [0, 0.05) is 12.6 Å². The van der Waals surface area contributed by atoms with Gasteiger partial charge in [-0.15, -0.1) is 0 Å². The maximum absolute atomic E-state index is 5.75. The molecular formula is C14H21NO. The number of nitrogens with one attached hydrogen (secondary N) is 1. The molecule has 16 heavy (non-hydrogen) atoms. The molecular weight excluding hydrogens is 198 g/mol. The molecule has 2 atom stereocenters. The van der Waals surface area contributed by atoms with Crippen LogP contribution in [-0.4, -0.2) is 25.8 Å². The minimum Gasteiger partial charge on any atom is -0.377 e. The van der Waals surface area contributed by atoms with Crippen molar-refractivity contribution in [3.63, 3.8) is 0 Å². The van der Waals surface area contributed by atoms with Crippen LogP contribution in [-0.2, 0) is 11.2 Å². The number of hydrogen-bond donors (Lipinski definition) is 1. The molecule has 1 heterocycles. The summed E-state index contributed by atoms with van der Waals surface area (Å²) in [6.07, 6.45) is 3.85. The number of ether oxygens (including phenoxy) is 1. The second-order valence-corrected chi connectivity index (χ2v) is 4.64. The lowest BCUT2D eigenvalue weighted by atomic mass is 9.98. The van der Waals surface area contributed by atoms with Crippen LogP contribution in [0.25, 0.3) is 0 Å². The lowest BCUT2D eigenvalue weighted by Gasteiger charge is -2.22. The average Bonchev–Trinajstić information content (AvgIpc) is 2.79. The lowest BCUT2D eigenvalue weighted by molar-refractivity contribution is 0.0808. The third-order valence-electron chi connectivity index (χ3n) is 3.32. The fraction of sp³-hybridized carbons (Fsp3) is 0.571. The van der Waals surface area contributed by atoms with Crippen molar-refractivity contribution in [1.82, 2.24) is 5.32 Å². The van der Waals surface area contributed by atoms with Crippen molar-refractivity contribution in [2.45, 2.75) is 38.3 Å². The molecule has 0 radical (unpaired) electrons. The van der Waals surface area contributed by atoms with Gasteiger partial charge in [0.05, 0.1) is 6.10 Å². The van der Waals surface area contributed by atoms with E-state index < -0.39 is 0 Å². The summed E-state index contributed by atoms with van der Waals surface area (Å²) in [7, 11) is 2.03. The van der Waals surface area contributed by atoms with Crippen LogP contribution in [0.2, 0.25) is 0 Å². The predicted octanol–water partition coefficient (Wildman–Crippen LogP) is 2.30. The molecule has 0 aromatic heterocycles. The van der Waals surface area contributed by atoms with E-state index in [0.29, 0.717) is 12.1 Å². The second kappa shape index (κ2) is 5.46. The highest BCUT2D eigenvalue weighted by Gasteiger charge is 2.24. The molecule has 2 heteroatoms. The molecule has 0 aliphatic carbocycles. The highest BCUT2D eigenvalue weighted by Crippen LogP contribution is 2.18. The standard InChI is InChI=1S/C14H21NO/c1-11-5-3-6-12(9-11)10-13(15-2)14-7-4-8-16-14/h3,5-6,9,13-15H,4,7-8,10H2,1-2H3/t13-,14-/m1/s1. The largest absolute Gasteiger partial charge is 0.377 e. The zero-order valence-electron chi connectivity index (χ0n) is 10.2. The maximum Gasteiger partial charge on any atom is 0.0732 e. The van der Waals surface area contributed by atoms with Gasteiger partial charge >= 0.3 is 0 Å². The van der Waals surface area contributed by atoms with Crippen LogP contribution in [0.4, 0.5) is 0 Å². The molecule has 0 saturated carbocycles. The molecule has 1 N–H and O–H groups in total. The summed E-state index contributed by atoms with van der Waals surface area (Å²) in [4.78, 5) is 0. The Bertz CT molecular complexity index is 331. The summed E-state index contributed by atoms with van der Waals surface area (Å²) in [5, 5.41) is 3.39. The summed E-state index contributed by atoms with van der Waals surface area (Å²) in [6.45, 7) is 3.07. The normalized spacial score (nSPS) is 22.2. The zero-order valence-corrected chi connectivity index (χ0v) is 10.2. The SMILES string of the molecule is CN[C@H](Cc1cccc(C)c1)[C@H]1CCCO1. The Balaban J connectivity index is 2.00. The summed E-state index contributed by atoms with van der Waals surface area (Å²) < 4.78 is 5.75. The minimum absolute atomic E-state index is 0.394. The van der Waals surface area contributed by atoms with Gasteiger partial charge in [0.25, 0.3) is 0 Å². The maximum atomic E-state index is 5.75. The fourth-order valence-electron chi connectivity index (χ4n) is 2.43. The van der Waals surface area contributed by atoms with E-state index in [1.165, 1.54) is 24.0 Å². The van der Waals surface area contributed by atoms with Crippen molar-refractivity contribution in [3.8, 4) is 0 Å². The van der Waals surface area contributed by atoms with Gasteiger partial charge in [-0.1, -0.05) is 29.8 Å². The first-order valence-corrected chi connectivity index (χ1v) is 6.14. The molecule has 1 aliphatic heterocycles. The second-order valence-electron chi connectivity index (χ2n) is 4.64. The smallest absolute Gasteiger partial charge is 0.0732 e. The summed E-state index contributed by atoms with van der Waals surface area (Å²) in [5.41, 5.74) is 2.73. The highest BCUT2D eigenvalue weighted by atomic mass is 16.5. The Morgan fingerprint density at radius 1 is 1.50 bits per heavy atom. The van der Waals surface area contributed by atoms with Crippen LogP contribution >= 0.6 is 0 Å². The van der Waals surface area contributed by atoms with Crippen molar-refractivity contribution in [2.75, 3.05) is 13.7 Å². The Kier molecular flexibility index (Phi) is 3.97. The van der Waals surface area contributed by atoms with Crippen LogP contribution in [0, 0.1) is 6.92 Å². The molecule has 88 valence electrons. The fourth-order valence-corrected chi connectivity index (χ4v) is 2.43. The Morgan fingerprint density at radius 2 is 2.38 bits per heavy atom. The Morgan fingerprint density at radius 3 is 3.00 bits per heavy atom. The van der Waals surface area contributed by atoms with Crippen molar-refractivity contribution in [3.05, 3.63) is 35.4 Å². The van der Waals surface area contributed by atoms with E-state index in [1.807, 2.05) is 7.05 Å². The summed E-state index contributed by atoms with van der Waals surface area (Å²) in [6, 6.07) is 9.19. The minimum atomic E-state index is 0.394. The van der Waals surface area contributed by atoms with Crippen LogP contribution in [0.1, 0.15) is 24.0 Å². The molecule has 1 aromatic rings. The van der Waals surface area contributed by atoms with Gasteiger partial charge < -0.3 is 10.1 Å². The lowest BCUT2D eigenvalue weighted by Crippen LogP contribution is -2.39. The molecule has 0 spiro atoms. The molecule has 0 bridgehead atoms. The third-order valence-corrected chi connectivity index (χ3v) is 3.32. The van der Waals surface area contributed by atoms with E-state index in [4.69, 9.17) is 4.74 Å². The first-order chi connectivity index (χ1) is 7.79. The van der Waals surface area contributed by atoms with Crippen LogP contribution in [0.3, 0.4) is 0 Å². The predicted molar refractivity (Wildman–Crippen MR) is 66.7 cm³/mol. The van der Waals surface area contributed by atoms with Gasteiger partial charge in [0.1, 0.15) is 0 Å². The third kappa shape index (κ3) is 2.83. The number of rotatable bonds is 4. The van der Waals surface area contributed by atoms with Crippen LogP contribution in [0.5, 0.6) is 0 Å². The molecule has 2 nitrogen and oxygen atoms in total. The quantitative estimate of drug-likeness (QED) is 0.839. The van der Waals surface area contributed by atoms with Gasteiger partial charge in [0.15, 0.2) is 0 Å². The molecule has 0 unspecified atom stereocenters. The van der Waals surface area contributed by atoms with Crippen molar-refractivity contribution in [2.24, 2.45) is 0 Å². The van der Waals surface area contributed by atoms with E-state index >= 15 is 0 Å². The number of likely N-dealkylation sites (N-methyl/N-ethyl adjacent to an activating group) is 1. The summed E-state index contributed by atoms with van der Waals surface area (Å²) >= 11 is 0. The molecule has 0 amide bonds. The van der Waals surface area contributed by atoms with Crippen molar-refractivity contribution in [1.29, 1.82) is 0 Å². The van der Waals surface area contributed by atoms with Crippen LogP contribution in [0.15, 0.2) is 24.3 Å². The number of benzene rings is 1. The van der Waals surface area contributed by atoms with E-state index in [9.17, 15) is 0 Å². The molecule has 1 fully saturated rings. The highest BCUT2D eigenvalue weighted by molar-refractivity contribution is 5.23. The number of aryl methyl sites for hydroxylation is 1. The van der Waals surface area contributed by atoms with Gasteiger partial charge in [-0.05, 0) is 38.8 Å². The first-order valence-electron chi connectivity index (χ1n) is 6.14. The molecule has 1 aliphatic rings.